The van der Waals surface area contributed by atoms with E-state index in [4.69, 9.17) is 9.47 Å². The van der Waals surface area contributed by atoms with Crippen molar-refractivity contribution < 1.29 is 19.1 Å². The molecule has 0 heterocycles. The highest BCUT2D eigenvalue weighted by Crippen LogP contribution is 2.24. The molecule has 0 amide bonds. The molecule has 18 heavy (non-hydrogen) atoms. The molecule has 4 heteroatoms. The molecule has 0 spiro atoms. The van der Waals surface area contributed by atoms with Crippen molar-refractivity contribution in [1.82, 2.24) is 0 Å². The Balaban J connectivity index is 4.76. The summed E-state index contributed by atoms with van der Waals surface area (Å²) in [5.74, 6) is -1.55. The van der Waals surface area contributed by atoms with Gasteiger partial charge in [0, 0.05) is 0 Å². The van der Waals surface area contributed by atoms with Crippen molar-refractivity contribution in [2.24, 2.45) is 11.8 Å². The van der Waals surface area contributed by atoms with E-state index in [1.54, 1.807) is 6.92 Å². The van der Waals surface area contributed by atoms with Crippen LogP contribution in [0.15, 0.2) is 0 Å². The fourth-order valence-corrected chi connectivity index (χ4v) is 1.72. The van der Waals surface area contributed by atoms with E-state index in [-0.39, 0.29) is 11.9 Å². The maximum absolute atomic E-state index is 12.1. The molecular weight excluding hydrogens is 232 g/mol. The predicted molar refractivity (Wildman–Crippen MR) is 70.0 cm³/mol. The molecule has 0 aliphatic rings. The lowest BCUT2D eigenvalue weighted by atomic mass is 9.89. The first-order valence-corrected chi connectivity index (χ1v) is 6.53. The summed E-state index contributed by atoms with van der Waals surface area (Å²) < 4.78 is 10.1. The van der Waals surface area contributed by atoms with Gasteiger partial charge in [0.25, 0.3) is 0 Å². The molecule has 0 aliphatic carbocycles. The maximum atomic E-state index is 12.1. The zero-order valence-corrected chi connectivity index (χ0v) is 12.4. The number of carbonyl (C=O) groups is 2. The quantitative estimate of drug-likeness (QED) is 0.687. The van der Waals surface area contributed by atoms with Crippen LogP contribution in [0.2, 0.25) is 0 Å². The largest absolute Gasteiger partial charge is 0.469 e. The summed E-state index contributed by atoms with van der Waals surface area (Å²) in [5, 5.41) is 0. The molecule has 0 rings (SSSR count). The lowest BCUT2D eigenvalue weighted by Gasteiger charge is -2.26. The first kappa shape index (κ1) is 16.9. The van der Waals surface area contributed by atoms with Crippen LogP contribution < -0.4 is 0 Å². The zero-order chi connectivity index (χ0) is 14.3. The average Bonchev–Trinajstić information content (AvgIpc) is 2.25. The van der Waals surface area contributed by atoms with Gasteiger partial charge in [-0.2, -0.15) is 0 Å². The summed E-state index contributed by atoms with van der Waals surface area (Å²) in [7, 11) is 1.34. The Morgan fingerprint density at radius 1 is 1.17 bits per heavy atom. The fraction of sp³-hybridized carbons (Fsp3) is 0.857. The van der Waals surface area contributed by atoms with Gasteiger partial charge >= 0.3 is 11.9 Å². The second-order valence-electron chi connectivity index (χ2n) is 5.59. The van der Waals surface area contributed by atoms with Gasteiger partial charge in [0.1, 0.15) is 5.60 Å². The summed E-state index contributed by atoms with van der Waals surface area (Å²) in [5.41, 5.74) is -0.530. The molecule has 2 atom stereocenters. The van der Waals surface area contributed by atoms with Crippen LogP contribution in [-0.4, -0.2) is 24.6 Å². The number of methoxy groups -OCH3 is 1. The van der Waals surface area contributed by atoms with E-state index in [1.807, 2.05) is 20.8 Å². The van der Waals surface area contributed by atoms with Crippen LogP contribution in [0.3, 0.4) is 0 Å². The summed E-state index contributed by atoms with van der Waals surface area (Å²) in [6.07, 6.45) is 2.53. The normalized spacial score (nSPS) is 14.8. The van der Waals surface area contributed by atoms with Crippen molar-refractivity contribution >= 4 is 11.9 Å². The summed E-state index contributed by atoms with van der Waals surface area (Å²) in [6.45, 7) is 9.24. The van der Waals surface area contributed by atoms with Gasteiger partial charge in [-0.25, -0.2) is 0 Å². The topological polar surface area (TPSA) is 52.6 Å². The van der Waals surface area contributed by atoms with Crippen LogP contribution in [0, 0.1) is 11.8 Å². The molecule has 0 aromatic heterocycles. The van der Waals surface area contributed by atoms with E-state index in [0.717, 1.165) is 12.8 Å². The molecule has 0 aromatic rings. The second kappa shape index (κ2) is 7.39. The summed E-state index contributed by atoms with van der Waals surface area (Å²) in [4.78, 5) is 23.7. The molecule has 0 aromatic carbocycles. The second-order valence-corrected chi connectivity index (χ2v) is 5.59. The minimum Gasteiger partial charge on any atom is -0.469 e. The zero-order valence-electron chi connectivity index (χ0n) is 12.4. The summed E-state index contributed by atoms with van der Waals surface area (Å²) in [6, 6.07) is 0. The van der Waals surface area contributed by atoms with Crippen LogP contribution >= 0.6 is 0 Å². The third-order valence-electron chi connectivity index (χ3n) is 2.75. The van der Waals surface area contributed by atoms with Crippen molar-refractivity contribution in [2.75, 3.05) is 7.11 Å². The molecule has 0 fully saturated rings. The van der Waals surface area contributed by atoms with Crippen LogP contribution in [0.5, 0.6) is 0 Å². The number of hydrogen-bond acceptors (Lipinski definition) is 4. The highest BCUT2D eigenvalue weighted by Gasteiger charge is 2.33. The van der Waals surface area contributed by atoms with Crippen LogP contribution in [-0.2, 0) is 19.1 Å². The summed E-state index contributed by atoms with van der Waals surface area (Å²) >= 11 is 0. The lowest BCUT2D eigenvalue weighted by molar-refractivity contribution is -0.167. The molecule has 0 aliphatic heterocycles. The minimum atomic E-state index is -0.530. The standard InChI is InChI=1S/C14H26O4/c1-7-8-9-11(10(2)12(15)17-6)13(16)18-14(3,4)5/h10-11H,7-9H2,1-6H3. The minimum absolute atomic E-state index is 0.311. The van der Waals surface area contributed by atoms with Gasteiger partial charge < -0.3 is 9.47 Å². The lowest BCUT2D eigenvalue weighted by Crippen LogP contribution is -2.34. The monoisotopic (exact) mass is 258 g/mol. The Morgan fingerprint density at radius 2 is 1.72 bits per heavy atom. The van der Waals surface area contributed by atoms with Gasteiger partial charge in [-0.15, -0.1) is 0 Å². The Labute approximate surface area is 110 Å². The van der Waals surface area contributed by atoms with Gasteiger partial charge in [0.2, 0.25) is 0 Å². The SMILES string of the molecule is CCCCC(C(=O)OC(C)(C)C)C(C)C(=O)OC. The van der Waals surface area contributed by atoms with Gasteiger partial charge in [0.05, 0.1) is 18.9 Å². The fourth-order valence-electron chi connectivity index (χ4n) is 1.72. The molecule has 0 N–H and O–H groups in total. The van der Waals surface area contributed by atoms with E-state index < -0.39 is 17.4 Å². The number of ether oxygens (including phenoxy) is 2. The highest BCUT2D eigenvalue weighted by molar-refractivity contribution is 5.81. The molecule has 4 nitrogen and oxygen atoms in total. The molecule has 0 bridgehead atoms. The van der Waals surface area contributed by atoms with Gasteiger partial charge in [-0.3, -0.25) is 9.59 Å². The molecule has 0 radical (unpaired) electrons. The van der Waals surface area contributed by atoms with E-state index >= 15 is 0 Å². The van der Waals surface area contributed by atoms with E-state index in [9.17, 15) is 9.59 Å². The number of esters is 2. The third-order valence-corrected chi connectivity index (χ3v) is 2.75. The maximum Gasteiger partial charge on any atom is 0.310 e. The van der Waals surface area contributed by atoms with E-state index in [0.29, 0.717) is 6.42 Å². The van der Waals surface area contributed by atoms with Crippen molar-refractivity contribution in [3.63, 3.8) is 0 Å². The van der Waals surface area contributed by atoms with Crippen LogP contribution in [0.25, 0.3) is 0 Å². The predicted octanol–water partition coefficient (Wildman–Crippen LogP) is 2.94. The van der Waals surface area contributed by atoms with Crippen molar-refractivity contribution in [2.45, 2.75) is 59.5 Å². The van der Waals surface area contributed by atoms with Crippen molar-refractivity contribution in [1.29, 1.82) is 0 Å². The number of rotatable bonds is 6. The van der Waals surface area contributed by atoms with Crippen molar-refractivity contribution in [3.05, 3.63) is 0 Å². The van der Waals surface area contributed by atoms with Crippen molar-refractivity contribution in [3.8, 4) is 0 Å². The Bertz CT molecular complexity index is 278. The Morgan fingerprint density at radius 3 is 2.11 bits per heavy atom. The number of carbonyl (C=O) groups excluding carboxylic acids is 2. The number of hydrogen-bond donors (Lipinski definition) is 0. The molecule has 0 saturated heterocycles. The van der Waals surface area contributed by atoms with Gasteiger partial charge in [-0.05, 0) is 27.2 Å². The van der Waals surface area contributed by atoms with Crippen LogP contribution in [0.1, 0.15) is 53.9 Å². The molecule has 0 saturated carbocycles. The first-order chi connectivity index (χ1) is 8.22. The van der Waals surface area contributed by atoms with Gasteiger partial charge in [0.15, 0.2) is 0 Å². The Hall–Kier alpha value is -1.06. The number of unbranched alkanes of at least 4 members (excludes halogenated alkanes) is 1. The average molecular weight is 258 g/mol. The molecule has 2 unspecified atom stereocenters. The Kier molecular flexibility index (Phi) is 6.96. The first-order valence-electron chi connectivity index (χ1n) is 6.53. The van der Waals surface area contributed by atoms with Gasteiger partial charge in [-0.1, -0.05) is 26.7 Å². The highest BCUT2D eigenvalue weighted by atomic mass is 16.6. The van der Waals surface area contributed by atoms with E-state index in [2.05, 4.69) is 6.92 Å². The molecular formula is C14H26O4. The van der Waals surface area contributed by atoms with E-state index in [1.165, 1.54) is 7.11 Å². The molecule has 106 valence electrons. The van der Waals surface area contributed by atoms with Crippen LogP contribution in [0.4, 0.5) is 0 Å². The third kappa shape index (κ3) is 6.03. The smallest absolute Gasteiger partial charge is 0.310 e.